The van der Waals surface area contributed by atoms with Crippen LogP contribution < -0.4 is 0 Å². The Morgan fingerprint density at radius 2 is 0.621 bits per heavy atom. The molecule has 266 valence electrons. The predicted molar refractivity (Wildman–Crippen MR) is 247 cm³/mol. The van der Waals surface area contributed by atoms with E-state index < -0.39 is 0 Å². The summed E-state index contributed by atoms with van der Waals surface area (Å²) in [5.41, 5.74) is 15.1. The monoisotopic (exact) mass is 732 g/mol. The number of para-hydroxylation sites is 4. The van der Waals surface area contributed by atoms with Crippen molar-refractivity contribution in [3.05, 3.63) is 194 Å². The van der Waals surface area contributed by atoms with E-state index in [1.165, 1.54) is 131 Å². The van der Waals surface area contributed by atoms with Gasteiger partial charge in [-0.25, -0.2) is 0 Å². The molecule has 4 aromatic heterocycles. The molecule has 0 saturated carbocycles. The topological polar surface area (TPSA) is 8.82 Å². The Bertz CT molecular complexity index is 3770. The van der Waals surface area contributed by atoms with Crippen LogP contribution in [0.25, 0.3) is 131 Å². The van der Waals surface area contributed by atoms with Gasteiger partial charge in [-0.1, -0.05) is 164 Å². The summed E-state index contributed by atoms with van der Waals surface area (Å²) >= 11 is 0. The molecule has 0 fully saturated rings. The van der Waals surface area contributed by atoms with E-state index in [1.807, 2.05) is 0 Å². The summed E-state index contributed by atoms with van der Waals surface area (Å²) in [5.74, 6) is 0. The van der Waals surface area contributed by atoms with Crippen LogP contribution in [-0.4, -0.2) is 8.80 Å². The first kappa shape index (κ1) is 30.5. The van der Waals surface area contributed by atoms with E-state index in [4.69, 9.17) is 0 Å². The molecule has 0 spiro atoms. The fourth-order valence-electron chi connectivity index (χ4n) is 11.0. The quantitative estimate of drug-likeness (QED) is 0.160. The van der Waals surface area contributed by atoms with Crippen LogP contribution in [-0.2, 0) is 0 Å². The summed E-state index contributed by atoms with van der Waals surface area (Å²) in [4.78, 5) is 0. The van der Waals surface area contributed by atoms with Crippen molar-refractivity contribution < 1.29 is 0 Å². The second kappa shape index (κ2) is 11.0. The van der Waals surface area contributed by atoms with Crippen LogP contribution in [0.2, 0.25) is 0 Å². The lowest BCUT2D eigenvalue weighted by Crippen LogP contribution is -1.91. The third-order valence-electron chi connectivity index (χ3n) is 13.2. The molecule has 2 nitrogen and oxygen atoms in total. The second-order valence-electron chi connectivity index (χ2n) is 15.9. The van der Waals surface area contributed by atoms with Crippen LogP contribution in [0.1, 0.15) is 0 Å². The Balaban J connectivity index is 1.12. The summed E-state index contributed by atoms with van der Waals surface area (Å²) < 4.78 is 4.98. The molecule has 0 saturated heterocycles. The highest BCUT2D eigenvalue weighted by molar-refractivity contribution is 6.30. The van der Waals surface area contributed by atoms with Crippen molar-refractivity contribution >= 4 is 97.7 Å². The number of benzene rings is 10. The molecule has 4 heterocycles. The number of hydrogen-bond acceptors (Lipinski definition) is 0. The molecule has 0 N–H and O–H groups in total. The maximum absolute atomic E-state index is 2.50. The van der Waals surface area contributed by atoms with Gasteiger partial charge in [0.2, 0.25) is 0 Å². The van der Waals surface area contributed by atoms with Crippen molar-refractivity contribution in [1.82, 2.24) is 8.80 Å². The van der Waals surface area contributed by atoms with Gasteiger partial charge in [0.1, 0.15) is 0 Å². The molecular formula is C56H32N2. The van der Waals surface area contributed by atoms with Crippen molar-refractivity contribution in [1.29, 1.82) is 0 Å². The molecule has 0 bridgehead atoms. The molecule has 0 amide bonds. The third kappa shape index (κ3) is 3.73. The lowest BCUT2D eigenvalue weighted by Gasteiger charge is -2.18. The Morgan fingerprint density at radius 3 is 1.16 bits per heavy atom. The molecule has 0 aliphatic heterocycles. The first-order valence-electron chi connectivity index (χ1n) is 20.2. The first-order chi connectivity index (χ1) is 28.8. The van der Waals surface area contributed by atoms with E-state index in [-0.39, 0.29) is 0 Å². The standard InChI is InChI=1S/C56H32N2/c1-2-14-33(15-3-1)52-40-20-8-18-34(38-22-12-30-50-53(38)44-26-10-24-42-36-16-4-6-28-48(36)57(50)55(42)44)46(40)32-47-35(19-9-21-41(47)52)39-23-13-31-51-54(39)45-27-11-25-43-37-17-5-7-29-49(37)58(51)56(43)45/h1-32H. The van der Waals surface area contributed by atoms with E-state index in [0.717, 1.165) is 0 Å². The van der Waals surface area contributed by atoms with Crippen LogP contribution in [0.5, 0.6) is 0 Å². The van der Waals surface area contributed by atoms with Gasteiger partial charge in [0.25, 0.3) is 0 Å². The van der Waals surface area contributed by atoms with Gasteiger partial charge >= 0.3 is 0 Å². The summed E-state index contributed by atoms with van der Waals surface area (Å²) in [6, 6.07) is 72.4. The van der Waals surface area contributed by atoms with Gasteiger partial charge in [-0.2, -0.15) is 0 Å². The van der Waals surface area contributed by atoms with Gasteiger partial charge in [0.15, 0.2) is 0 Å². The zero-order valence-corrected chi connectivity index (χ0v) is 31.4. The zero-order chi connectivity index (χ0) is 37.6. The molecule has 0 unspecified atom stereocenters. The van der Waals surface area contributed by atoms with E-state index in [1.54, 1.807) is 0 Å². The maximum Gasteiger partial charge on any atom is 0.0620 e. The zero-order valence-electron chi connectivity index (χ0n) is 31.4. The fourth-order valence-corrected chi connectivity index (χ4v) is 11.0. The van der Waals surface area contributed by atoms with Gasteiger partial charge < -0.3 is 8.80 Å². The lowest BCUT2D eigenvalue weighted by atomic mass is 9.85. The molecular weight excluding hydrogens is 701 g/mol. The minimum atomic E-state index is 1.23. The Hall–Kier alpha value is -7.68. The van der Waals surface area contributed by atoms with Gasteiger partial charge in [-0.15, -0.1) is 0 Å². The summed E-state index contributed by atoms with van der Waals surface area (Å²) in [5, 5.41) is 15.5. The highest BCUT2D eigenvalue weighted by Crippen LogP contribution is 2.49. The first-order valence-corrected chi connectivity index (χ1v) is 20.2. The second-order valence-corrected chi connectivity index (χ2v) is 15.9. The van der Waals surface area contributed by atoms with Gasteiger partial charge in [-0.05, 0) is 85.3 Å². The van der Waals surface area contributed by atoms with Crippen LogP contribution in [0.3, 0.4) is 0 Å². The molecule has 14 aromatic rings. The fraction of sp³-hybridized carbons (Fsp3) is 0. The van der Waals surface area contributed by atoms with Gasteiger partial charge in [0.05, 0.1) is 33.1 Å². The van der Waals surface area contributed by atoms with Crippen molar-refractivity contribution in [2.75, 3.05) is 0 Å². The molecule has 14 rings (SSSR count). The molecule has 0 radical (unpaired) electrons. The van der Waals surface area contributed by atoms with Gasteiger partial charge in [0, 0.05) is 43.1 Å². The Morgan fingerprint density at radius 1 is 0.241 bits per heavy atom. The highest BCUT2D eigenvalue weighted by Gasteiger charge is 2.24. The number of nitrogens with zero attached hydrogens (tertiary/aromatic N) is 2. The van der Waals surface area contributed by atoms with E-state index in [9.17, 15) is 0 Å². The Labute approximate surface area is 332 Å². The number of rotatable bonds is 3. The summed E-state index contributed by atoms with van der Waals surface area (Å²) in [6.07, 6.45) is 0. The van der Waals surface area contributed by atoms with E-state index in [0.29, 0.717) is 0 Å². The number of hydrogen-bond donors (Lipinski definition) is 0. The van der Waals surface area contributed by atoms with E-state index in [2.05, 4.69) is 203 Å². The van der Waals surface area contributed by atoms with Crippen molar-refractivity contribution in [3.8, 4) is 33.4 Å². The van der Waals surface area contributed by atoms with Crippen LogP contribution in [0.15, 0.2) is 194 Å². The molecule has 2 heteroatoms. The molecule has 0 aliphatic carbocycles. The normalized spacial score (nSPS) is 12.5. The lowest BCUT2D eigenvalue weighted by molar-refractivity contribution is 1.37. The molecule has 58 heavy (non-hydrogen) atoms. The molecule has 0 atom stereocenters. The minimum Gasteiger partial charge on any atom is -0.308 e. The van der Waals surface area contributed by atoms with Crippen molar-refractivity contribution in [2.45, 2.75) is 0 Å². The van der Waals surface area contributed by atoms with Gasteiger partial charge in [-0.3, -0.25) is 0 Å². The molecule has 10 aromatic carbocycles. The minimum absolute atomic E-state index is 1.23. The van der Waals surface area contributed by atoms with Crippen molar-refractivity contribution in [2.24, 2.45) is 0 Å². The third-order valence-corrected chi connectivity index (χ3v) is 13.2. The highest BCUT2D eigenvalue weighted by atomic mass is 14.9. The summed E-state index contributed by atoms with van der Waals surface area (Å²) in [7, 11) is 0. The summed E-state index contributed by atoms with van der Waals surface area (Å²) in [6.45, 7) is 0. The van der Waals surface area contributed by atoms with Crippen LogP contribution in [0.4, 0.5) is 0 Å². The Kier molecular flexibility index (Phi) is 5.79. The average Bonchev–Trinajstić information content (AvgIpc) is 4.02. The number of fused-ring (bicyclic) bond motifs is 14. The SMILES string of the molecule is c1ccc(-c2c3cccc(-c4cccc5c4c4cccc6c7ccccc7n5c64)c3cc3c(-c4cccc5c4c4cccc6c7ccccc7n5c64)cccc23)cc1. The van der Waals surface area contributed by atoms with E-state index >= 15 is 0 Å². The predicted octanol–water partition coefficient (Wildman–Crippen LogP) is 15.3. The number of aromatic nitrogens is 2. The molecule has 0 aliphatic rings. The smallest absolute Gasteiger partial charge is 0.0620 e. The van der Waals surface area contributed by atoms with Crippen LogP contribution >= 0.6 is 0 Å². The van der Waals surface area contributed by atoms with Crippen LogP contribution in [0, 0.1) is 0 Å². The maximum atomic E-state index is 2.50. The largest absolute Gasteiger partial charge is 0.308 e. The van der Waals surface area contributed by atoms with Crippen molar-refractivity contribution in [3.63, 3.8) is 0 Å². The average molecular weight is 733 g/mol.